The Kier molecular flexibility index (Phi) is 5.27. The lowest BCUT2D eigenvalue weighted by Gasteiger charge is -2.11. The zero-order valence-electron chi connectivity index (χ0n) is 15.0. The molecule has 5 nitrogen and oxygen atoms in total. The Morgan fingerprint density at radius 3 is 2.35 bits per heavy atom. The fourth-order valence-corrected chi connectivity index (χ4v) is 2.52. The van der Waals surface area contributed by atoms with Crippen molar-refractivity contribution in [3.63, 3.8) is 0 Å². The van der Waals surface area contributed by atoms with Gasteiger partial charge in [0.1, 0.15) is 5.75 Å². The Morgan fingerprint density at radius 1 is 1.00 bits per heavy atom. The van der Waals surface area contributed by atoms with Crippen molar-refractivity contribution in [2.75, 3.05) is 7.11 Å². The number of pyridine rings is 2. The van der Waals surface area contributed by atoms with Gasteiger partial charge in [0, 0.05) is 30.1 Å². The molecule has 0 aliphatic rings. The molecule has 0 bridgehead atoms. The number of aromatic nitrogens is 2. The predicted octanol–water partition coefficient (Wildman–Crippen LogP) is 4.38. The lowest BCUT2D eigenvalue weighted by molar-refractivity contribution is 0.0370. The second-order valence-electron chi connectivity index (χ2n) is 6.05. The number of rotatable bonds is 5. The van der Waals surface area contributed by atoms with E-state index in [0.29, 0.717) is 11.4 Å². The fourth-order valence-electron chi connectivity index (χ4n) is 2.52. The van der Waals surface area contributed by atoms with Gasteiger partial charge in [0.15, 0.2) is 5.69 Å². The van der Waals surface area contributed by atoms with Gasteiger partial charge in [-0.1, -0.05) is 30.3 Å². The SMILES string of the molecule is COc1cc(C(=O)OC(C)C)nc(-c2ccc(-c3cccnc3)cc2)c1. The maximum absolute atomic E-state index is 12.2. The van der Waals surface area contributed by atoms with E-state index in [4.69, 9.17) is 9.47 Å². The summed E-state index contributed by atoms with van der Waals surface area (Å²) >= 11 is 0. The number of methoxy groups -OCH3 is 1. The molecular weight excluding hydrogens is 328 g/mol. The van der Waals surface area contributed by atoms with Crippen LogP contribution in [0, 0.1) is 0 Å². The van der Waals surface area contributed by atoms with Gasteiger partial charge in [-0.2, -0.15) is 0 Å². The van der Waals surface area contributed by atoms with E-state index in [1.807, 2.05) is 42.6 Å². The molecular formula is C21H20N2O3. The highest BCUT2D eigenvalue weighted by Gasteiger charge is 2.15. The van der Waals surface area contributed by atoms with Crippen LogP contribution in [0.1, 0.15) is 24.3 Å². The van der Waals surface area contributed by atoms with Crippen LogP contribution >= 0.6 is 0 Å². The van der Waals surface area contributed by atoms with Gasteiger partial charge >= 0.3 is 5.97 Å². The van der Waals surface area contributed by atoms with Crippen LogP contribution in [0.2, 0.25) is 0 Å². The normalized spacial score (nSPS) is 10.6. The molecule has 0 saturated carbocycles. The minimum atomic E-state index is -0.466. The lowest BCUT2D eigenvalue weighted by Crippen LogP contribution is -2.13. The molecule has 3 rings (SSSR count). The maximum Gasteiger partial charge on any atom is 0.357 e. The highest BCUT2D eigenvalue weighted by molar-refractivity contribution is 5.88. The molecule has 0 saturated heterocycles. The molecule has 26 heavy (non-hydrogen) atoms. The summed E-state index contributed by atoms with van der Waals surface area (Å²) in [7, 11) is 1.56. The van der Waals surface area contributed by atoms with Gasteiger partial charge in [-0.15, -0.1) is 0 Å². The topological polar surface area (TPSA) is 61.3 Å². The Balaban J connectivity index is 1.94. The molecule has 132 valence electrons. The molecule has 1 aromatic carbocycles. The van der Waals surface area contributed by atoms with E-state index in [-0.39, 0.29) is 11.8 Å². The van der Waals surface area contributed by atoms with E-state index in [0.717, 1.165) is 16.7 Å². The molecule has 0 aliphatic heterocycles. The maximum atomic E-state index is 12.2. The number of benzene rings is 1. The summed E-state index contributed by atoms with van der Waals surface area (Å²) in [6, 6.07) is 15.2. The van der Waals surface area contributed by atoms with Crippen molar-refractivity contribution in [1.29, 1.82) is 0 Å². The van der Waals surface area contributed by atoms with E-state index in [1.54, 1.807) is 39.3 Å². The molecule has 0 unspecified atom stereocenters. The molecule has 2 aromatic heterocycles. The average molecular weight is 348 g/mol. The monoisotopic (exact) mass is 348 g/mol. The summed E-state index contributed by atoms with van der Waals surface area (Å²) in [6.07, 6.45) is 3.35. The molecule has 0 radical (unpaired) electrons. The van der Waals surface area contributed by atoms with Crippen molar-refractivity contribution in [3.05, 3.63) is 66.6 Å². The van der Waals surface area contributed by atoms with Crippen LogP contribution in [-0.2, 0) is 4.74 Å². The molecule has 0 atom stereocenters. The minimum Gasteiger partial charge on any atom is -0.497 e. The van der Waals surface area contributed by atoms with Crippen molar-refractivity contribution in [2.24, 2.45) is 0 Å². The van der Waals surface area contributed by atoms with Crippen LogP contribution in [0.3, 0.4) is 0 Å². The third-order valence-electron chi connectivity index (χ3n) is 3.76. The molecule has 0 N–H and O–H groups in total. The van der Waals surface area contributed by atoms with Crippen LogP contribution in [0.4, 0.5) is 0 Å². The highest BCUT2D eigenvalue weighted by Crippen LogP contribution is 2.26. The number of hydrogen-bond acceptors (Lipinski definition) is 5. The van der Waals surface area contributed by atoms with Crippen molar-refractivity contribution < 1.29 is 14.3 Å². The Bertz CT molecular complexity index is 891. The largest absolute Gasteiger partial charge is 0.497 e. The first-order valence-corrected chi connectivity index (χ1v) is 8.34. The van der Waals surface area contributed by atoms with Crippen LogP contribution in [-0.4, -0.2) is 29.2 Å². The van der Waals surface area contributed by atoms with E-state index in [2.05, 4.69) is 9.97 Å². The summed E-state index contributed by atoms with van der Waals surface area (Å²) in [5.74, 6) is 0.0918. The van der Waals surface area contributed by atoms with Crippen LogP contribution in [0.5, 0.6) is 5.75 Å². The van der Waals surface area contributed by atoms with E-state index >= 15 is 0 Å². The predicted molar refractivity (Wildman–Crippen MR) is 100 cm³/mol. The first-order valence-electron chi connectivity index (χ1n) is 8.34. The Labute approximate surface area is 152 Å². The number of nitrogens with zero attached hydrogens (tertiary/aromatic N) is 2. The van der Waals surface area contributed by atoms with E-state index in [9.17, 15) is 4.79 Å². The van der Waals surface area contributed by atoms with Gasteiger partial charge in [-0.3, -0.25) is 4.98 Å². The third-order valence-corrected chi connectivity index (χ3v) is 3.76. The van der Waals surface area contributed by atoms with Crippen LogP contribution < -0.4 is 4.74 Å². The molecule has 0 fully saturated rings. The van der Waals surface area contributed by atoms with Crippen molar-refractivity contribution >= 4 is 5.97 Å². The number of carbonyl (C=O) groups excluding carboxylic acids is 1. The molecule has 2 heterocycles. The van der Waals surface area contributed by atoms with E-state index < -0.39 is 5.97 Å². The summed E-state index contributed by atoms with van der Waals surface area (Å²) in [5, 5.41) is 0. The number of ether oxygens (including phenoxy) is 2. The van der Waals surface area contributed by atoms with Crippen LogP contribution in [0.15, 0.2) is 60.9 Å². The summed E-state index contributed by atoms with van der Waals surface area (Å²) in [4.78, 5) is 20.8. The quantitative estimate of drug-likeness (QED) is 0.640. The van der Waals surface area contributed by atoms with Gasteiger partial charge < -0.3 is 9.47 Å². The van der Waals surface area contributed by atoms with Crippen molar-refractivity contribution in [3.8, 4) is 28.1 Å². The zero-order chi connectivity index (χ0) is 18.5. The molecule has 3 aromatic rings. The lowest BCUT2D eigenvalue weighted by atomic mass is 10.0. The van der Waals surface area contributed by atoms with Crippen molar-refractivity contribution in [1.82, 2.24) is 9.97 Å². The number of hydrogen-bond donors (Lipinski definition) is 0. The minimum absolute atomic E-state index is 0.210. The molecule has 0 amide bonds. The smallest absolute Gasteiger partial charge is 0.357 e. The molecule has 5 heteroatoms. The second-order valence-corrected chi connectivity index (χ2v) is 6.05. The van der Waals surface area contributed by atoms with Gasteiger partial charge in [-0.25, -0.2) is 9.78 Å². The Morgan fingerprint density at radius 2 is 1.73 bits per heavy atom. The zero-order valence-corrected chi connectivity index (χ0v) is 15.0. The first kappa shape index (κ1) is 17.6. The standard InChI is InChI=1S/C21H20N2O3/c1-14(2)26-21(24)20-12-18(25-3)11-19(23-20)16-8-6-15(7-9-16)17-5-4-10-22-13-17/h4-14H,1-3H3. The number of esters is 1. The molecule has 0 spiro atoms. The third kappa shape index (κ3) is 4.06. The fraction of sp³-hybridized carbons (Fsp3) is 0.190. The van der Waals surface area contributed by atoms with E-state index in [1.165, 1.54) is 0 Å². The van der Waals surface area contributed by atoms with Gasteiger partial charge in [0.05, 0.1) is 18.9 Å². The van der Waals surface area contributed by atoms with Crippen LogP contribution in [0.25, 0.3) is 22.4 Å². The van der Waals surface area contributed by atoms with Gasteiger partial charge in [-0.05, 0) is 31.0 Å². The van der Waals surface area contributed by atoms with Gasteiger partial charge in [0.2, 0.25) is 0 Å². The second kappa shape index (κ2) is 7.78. The Hall–Kier alpha value is -3.21. The summed E-state index contributed by atoms with van der Waals surface area (Å²) in [6.45, 7) is 3.60. The van der Waals surface area contributed by atoms with Crippen molar-refractivity contribution in [2.45, 2.75) is 20.0 Å². The average Bonchev–Trinajstić information content (AvgIpc) is 2.68. The first-order chi connectivity index (χ1) is 12.6. The van der Waals surface area contributed by atoms with Gasteiger partial charge in [0.25, 0.3) is 0 Å². The molecule has 0 aliphatic carbocycles. The highest BCUT2D eigenvalue weighted by atomic mass is 16.5. The number of carbonyl (C=O) groups is 1. The summed E-state index contributed by atoms with van der Waals surface area (Å²) in [5.41, 5.74) is 3.86. The summed E-state index contributed by atoms with van der Waals surface area (Å²) < 4.78 is 10.5.